The molecule has 0 bridgehead atoms. The minimum atomic E-state index is -0.982. The molecule has 4 atom stereocenters. The molecule has 3 N–H and O–H groups in total. The SMILES string of the molecule is CCCCCCCCCC/C=C/CCCCCCO[C@@H](CO)[C@@H]1OC[C@@H](O)[C@@H]1O. The first-order valence-corrected chi connectivity index (χ1v) is 12.1. The molecule has 1 fully saturated rings. The number of unbranched alkanes of at least 4 members (excludes halogenated alkanes) is 12. The lowest BCUT2D eigenvalue weighted by molar-refractivity contribution is -0.101. The zero-order chi connectivity index (χ0) is 21.2. The predicted octanol–water partition coefficient (Wildman–Crippen LogP) is 4.52. The summed E-state index contributed by atoms with van der Waals surface area (Å²) in [5.74, 6) is 0. The van der Waals surface area contributed by atoms with Gasteiger partial charge in [0.1, 0.15) is 24.4 Å². The van der Waals surface area contributed by atoms with E-state index in [1.165, 1.54) is 70.6 Å². The molecule has 1 heterocycles. The van der Waals surface area contributed by atoms with Crippen LogP contribution < -0.4 is 0 Å². The topological polar surface area (TPSA) is 79.2 Å². The first-order valence-electron chi connectivity index (χ1n) is 12.1. The van der Waals surface area contributed by atoms with E-state index in [1.54, 1.807) is 0 Å². The number of hydrogen-bond donors (Lipinski definition) is 3. The van der Waals surface area contributed by atoms with Crippen LogP contribution in [0.2, 0.25) is 0 Å². The van der Waals surface area contributed by atoms with Gasteiger partial charge in [-0.25, -0.2) is 0 Å². The number of aliphatic hydroxyl groups is 3. The lowest BCUT2D eigenvalue weighted by Gasteiger charge is -2.24. The van der Waals surface area contributed by atoms with E-state index < -0.39 is 24.4 Å². The molecule has 0 amide bonds. The quantitative estimate of drug-likeness (QED) is 0.214. The Morgan fingerprint density at radius 2 is 1.41 bits per heavy atom. The maximum absolute atomic E-state index is 9.83. The van der Waals surface area contributed by atoms with Crippen molar-refractivity contribution < 1.29 is 24.8 Å². The van der Waals surface area contributed by atoms with Crippen LogP contribution in [0.3, 0.4) is 0 Å². The molecule has 0 aromatic rings. The Morgan fingerprint density at radius 1 is 0.862 bits per heavy atom. The van der Waals surface area contributed by atoms with Crippen molar-refractivity contribution in [1.82, 2.24) is 0 Å². The third kappa shape index (κ3) is 12.7. The summed E-state index contributed by atoms with van der Waals surface area (Å²) in [4.78, 5) is 0. The number of hydrogen-bond acceptors (Lipinski definition) is 5. The van der Waals surface area contributed by atoms with Gasteiger partial charge in [-0.15, -0.1) is 0 Å². The Balaban J connectivity index is 1.86. The standard InChI is InChI=1S/C24H46O5/c1-2-3-4-5-6-7-8-9-10-11-12-13-14-15-16-17-18-28-22(19-25)24-23(27)21(26)20-29-24/h11-12,21-27H,2-10,13-20H2,1H3/b12-11+/t21-,22+,23+,24+/m1/s1. The summed E-state index contributed by atoms with van der Waals surface area (Å²) >= 11 is 0. The third-order valence-corrected chi connectivity index (χ3v) is 5.72. The Labute approximate surface area is 178 Å². The number of ether oxygens (including phenoxy) is 2. The van der Waals surface area contributed by atoms with E-state index in [4.69, 9.17) is 9.47 Å². The molecule has 0 aromatic carbocycles. The van der Waals surface area contributed by atoms with Gasteiger partial charge in [-0.1, -0.05) is 76.9 Å². The molecule has 29 heavy (non-hydrogen) atoms. The van der Waals surface area contributed by atoms with Gasteiger partial charge in [0, 0.05) is 6.61 Å². The number of rotatable bonds is 19. The average Bonchev–Trinajstić information content (AvgIpc) is 3.06. The number of allylic oxidation sites excluding steroid dienone is 2. The van der Waals surface area contributed by atoms with Gasteiger partial charge in [0.25, 0.3) is 0 Å². The molecular formula is C24H46O5. The monoisotopic (exact) mass is 414 g/mol. The molecule has 0 aliphatic carbocycles. The minimum Gasteiger partial charge on any atom is -0.394 e. The fourth-order valence-electron chi connectivity index (χ4n) is 3.79. The van der Waals surface area contributed by atoms with Crippen LogP contribution >= 0.6 is 0 Å². The van der Waals surface area contributed by atoms with Gasteiger partial charge < -0.3 is 24.8 Å². The van der Waals surface area contributed by atoms with Gasteiger partial charge in [-0.3, -0.25) is 0 Å². The smallest absolute Gasteiger partial charge is 0.114 e. The van der Waals surface area contributed by atoms with E-state index in [2.05, 4.69) is 19.1 Å². The first kappa shape index (κ1) is 26.6. The number of aliphatic hydroxyl groups excluding tert-OH is 3. The summed E-state index contributed by atoms with van der Waals surface area (Å²) in [6.45, 7) is 2.69. The van der Waals surface area contributed by atoms with Gasteiger partial charge in [-0.05, 0) is 32.1 Å². The maximum atomic E-state index is 9.83. The molecule has 5 nitrogen and oxygen atoms in total. The summed E-state index contributed by atoms with van der Waals surface area (Å²) in [5, 5.41) is 28.8. The Hall–Kier alpha value is -0.460. The van der Waals surface area contributed by atoms with Crippen LogP contribution in [0.25, 0.3) is 0 Å². The van der Waals surface area contributed by atoms with E-state index in [9.17, 15) is 15.3 Å². The third-order valence-electron chi connectivity index (χ3n) is 5.72. The van der Waals surface area contributed by atoms with E-state index in [0.717, 1.165) is 19.3 Å². The minimum absolute atomic E-state index is 0.0955. The highest BCUT2D eigenvalue weighted by Gasteiger charge is 2.40. The Bertz CT molecular complexity index is 387. The summed E-state index contributed by atoms with van der Waals surface area (Å²) in [6.07, 6.45) is 19.4. The van der Waals surface area contributed by atoms with E-state index in [-0.39, 0.29) is 13.2 Å². The molecule has 1 aliphatic heterocycles. The molecule has 1 saturated heterocycles. The van der Waals surface area contributed by atoms with E-state index in [1.807, 2.05) is 0 Å². The van der Waals surface area contributed by atoms with E-state index in [0.29, 0.717) is 6.61 Å². The second-order valence-electron chi connectivity index (χ2n) is 8.39. The van der Waals surface area contributed by atoms with Crippen molar-refractivity contribution in [2.45, 2.75) is 121 Å². The fraction of sp³-hybridized carbons (Fsp3) is 0.917. The summed E-state index contributed by atoms with van der Waals surface area (Å²) in [5.41, 5.74) is 0. The zero-order valence-electron chi connectivity index (χ0n) is 18.6. The summed E-state index contributed by atoms with van der Waals surface area (Å²) < 4.78 is 11.0. The van der Waals surface area contributed by atoms with Crippen LogP contribution in [0.5, 0.6) is 0 Å². The van der Waals surface area contributed by atoms with E-state index >= 15 is 0 Å². The van der Waals surface area contributed by atoms with Crippen LogP contribution in [-0.2, 0) is 9.47 Å². The van der Waals surface area contributed by atoms with Gasteiger partial charge in [0.2, 0.25) is 0 Å². The summed E-state index contributed by atoms with van der Waals surface area (Å²) in [6, 6.07) is 0. The highest BCUT2D eigenvalue weighted by atomic mass is 16.6. The highest BCUT2D eigenvalue weighted by Crippen LogP contribution is 2.20. The van der Waals surface area contributed by atoms with Crippen LogP contribution in [-0.4, -0.2) is 59.6 Å². The van der Waals surface area contributed by atoms with Crippen molar-refractivity contribution in [3.63, 3.8) is 0 Å². The Morgan fingerprint density at radius 3 is 1.93 bits per heavy atom. The maximum Gasteiger partial charge on any atom is 0.114 e. The Kier molecular flexibility index (Phi) is 16.8. The lowest BCUT2D eigenvalue weighted by atomic mass is 10.1. The normalized spacial score (nSPS) is 23.2. The van der Waals surface area contributed by atoms with Gasteiger partial charge in [-0.2, -0.15) is 0 Å². The second kappa shape index (κ2) is 18.3. The molecule has 0 radical (unpaired) electrons. The molecule has 0 saturated carbocycles. The van der Waals surface area contributed by atoms with Crippen molar-refractivity contribution in [3.05, 3.63) is 12.2 Å². The molecule has 0 spiro atoms. The van der Waals surface area contributed by atoms with Crippen LogP contribution in [0.15, 0.2) is 12.2 Å². The second-order valence-corrected chi connectivity index (χ2v) is 8.39. The van der Waals surface area contributed by atoms with Crippen molar-refractivity contribution in [2.24, 2.45) is 0 Å². The van der Waals surface area contributed by atoms with Crippen molar-refractivity contribution in [2.75, 3.05) is 19.8 Å². The largest absolute Gasteiger partial charge is 0.394 e. The highest BCUT2D eigenvalue weighted by molar-refractivity contribution is 4.88. The fourth-order valence-corrected chi connectivity index (χ4v) is 3.79. The van der Waals surface area contributed by atoms with Gasteiger partial charge >= 0.3 is 0 Å². The van der Waals surface area contributed by atoms with Crippen LogP contribution in [0, 0.1) is 0 Å². The van der Waals surface area contributed by atoms with Gasteiger partial charge in [0.15, 0.2) is 0 Å². The first-order chi connectivity index (χ1) is 14.2. The average molecular weight is 415 g/mol. The van der Waals surface area contributed by atoms with Crippen LogP contribution in [0.1, 0.15) is 96.8 Å². The lowest BCUT2D eigenvalue weighted by Crippen LogP contribution is -2.42. The van der Waals surface area contributed by atoms with Crippen LogP contribution in [0.4, 0.5) is 0 Å². The van der Waals surface area contributed by atoms with Crippen molar-refractivity contribution in [1.29, 1.82) is 0 Å². The molecular weight excluding hydrogens is 368 g/mol. The molecule has 0 aromatic heterocycles. The molecule has 1 aliphatic rings. The molecule has 0 unspecified atom stereocenters. The zero-order valence-corrected chi connectivity index (χ0v) is 18.6. The van der Waals surface area contributed by atoms with Gasteiger partial charge in [0.05, 0.1) is 13.2 Å². The molecule has 5 heteroatoms. The predicted molar refractivity (Wildman–Crippen MR) is 118 cm³/mol. The summed E-state index contributed by atoms with van der Waals surface area (Å²) in [7, 11) is 0. The molecule has 172 valence electrons. The van der Waals surface area contributed by atoms with Crippen molar-refractivity contribution >= 4 is 0 Å². The van der Waals surface area contributed by atoms with Crippen molar-refractivity contribution in [3.8, 4) is 0 Å². The molecule has 1 rings (SSSR count).